The highest BCUT2D eigenvalue weighted by Gasteiger charge is 2.31. The number of hydrogen-bond donors (Lipinski definition) is 4. The highest BCUT2D eigenvalue weighted by Crippen LogP contribution is 2.32. The lowest BCUT2D eigenvalue weighted by Crippen LogP contribution is -2.41. The number of aromatic amines is 1. The molecule has 0 radical (unpaired) electrons. The van der Waals surface area contributed by atoms with Gasteiger partial charge in [0.2, 0.25) is 0 Å². The van der Waals surface area contributed by atoms with Gasteiger partial charge in [0, 0.05) is 19.0 Å². The van der Waals surface area contributed by atoms with E-state index in [2.05, 4.69) is 44.9 Å². The third kappa shape index (κ3) is 5.10. The Hall–Kier alpha value is -2.97. The standard InChI is InChI=1S/C20H29N7O2/c1-2-3-16(19(28)29)17(18-23-25-26-24-18)12-13-4-6-14(7-5-13)15-8-10-27(11-9-15)20(21)22/h4-7,15-17H,2-3,8-12H2,1H3,(H3,21,22)(H,28,29)(H,23,24,25,26)/t16?,17-/m0/s1. The Morgan fingerprint density at radius 3 is 2.55 bits per heavy atom. The Kier molecular flexibility index (Phi) is 6.79. The summed E-state index contributed by atoms with van der Waals surface area (Å²) in [5.41, 5.74) is 7.92. The number of piperidine rings is 1. The molecule has 2 aromatic rings. The number of carboxylic acids is 1. The predicted molar refractivity (Wildman–Crippen MR) is 109 cm³/mol. The number of nitrogens with zero attached hydrogens (tertiary/aromatic N) is 4. The fraction of sp³-hybridized carbons (Fsp3) is 0.550. The summed E-state index contributed by atoms with van der Waals surface area (Å²) >= 11 is 0. The Morgan fingerprint density at radius 1 is 1.34 bits per heavy atom. The summed E-state index contributed by atoms with van der Waals surface area (Å²) in [5, 5.41) is 31.3. The van der Waals surface area contributed by atoms with Gasteiger partial charge in [0.05, 0.1) is 5.92 Å². The number of H-pyrrole nitrogens is 1. The van der Waals surface area contributed by atoms with Crippen LogP contribution in [0.2, 0.25) is 0 Å². The topological polar surface area (TPSA) is 145 Å². The molecule has 2 heterocycles. The lowest BCUT2D eigenvalue weighted by atomic mass is 9.82. The summed E-state index contributed by atoms with van der Waals surface area (Å²) in [7, 11) is 0. The number of nitrogens with one attached hydrogen (secondary N) is 2. The minimum absolute atomic E-state index is 0.145. The second-order valence-corrected chi connectivity index (χ2v) is 7.72. The van der Waals surface area contributed by atoms with Gasteiger partial charge < -0.3 is 15.7 Å². The fourth-order valence-electron chi connectivity index (χ4n) is 4.19. The predicted octanol–water partition coefficient (Wildman–Crippen LogP) is 2.10. The van der Waals surface area contributed by atoms with Gasteiger partial charge in [-0.25, -0.2) is 5.10 Å². The van der Waals surface area contributed by atoms with Crippen LogP contribution >= 0.6 is 0 Å². The fourth-order valence-corrected chi connectivity index (χ4v) is 4.19. The third-order valence-electron chi connectivity index (χ3n) is 5.86. The van der Waals surface area contributed by atoms with E-state index < -0.39 is 11.9 Å². The van der Waals surface area contributed by atoms with Crippen LogP contribution in [-0.2, 0) is 11.2 Å². The van der Waals surface area contributed by atoms with Crippen molar-refractivity contribution in [2.75, 3.05) is 13.1 Å². The molecule has 1 aromatic heterocycles. The van der Waals surface area contributed by atoms with Crippen molar-refractivity contribution in [3.63, 3.8) is 0 Å². The molecule has 3 rings (SSSR count). The Bertz CT molecular complexity index is 799. The first kappa shape index (κ1) is 20.8. The summed E-state index contributed by atoms with van der Waals surface area (Å²) < 4.78 is 0. The third-order valence-corrected chi connectivity index (χ3v) is 5.86. The zero-order valence-corrected chi connectivity index (χ0v) is 16.7. The zero-order chi connectivity index (χ0) is 20.8. The average Bonchev–Trinajstić information content (AvgIpc) is 3.25. The molecule has 9 nitrogen and oxygen atoms in total. The number of aromatic nitrogens is 4. The molecule has 1 aliphatic rings. The molecule has 0 amide bonds. The van der Waals surface area contributed by atoms with Gasteiger partial charge in [-0.15, -0.1) is 5.10 Å². The van der Waals surface area contributed by atoms with E-state index >= 15 is 0 Å². The molecule has 156 valence electrons. The monoisotopic (exact) mass is 399 g/mol. The van der Waals surface area contributed by atoms with Gasteiger partial charge in [-0.1, -0.05) is 37.6 Å². The van der Waals surface area contributed by atoms with E-state index in [9.17, 15) is 9.90 Å². The van der Waals surface area contributed by atoms with Crippen molar-refractivity contribution in [1.29, 1.82) is 5.41 Å². The maximum Gasteiger partial charge on any atom is 0.307 e. The Labute approximate surface area is 170 Å². The van der Waals surface area contributed by atoms with Crippen LogP contribution in [0.1, 0.15) is 61.4 Å². The normalized spacial score (nSPS) is 17.1. The van der Waals surface area contributed by atoms with Crippen LogP contribution in [0, 0.1) is 11.3 Å². The van der Waals surface area contributed by atoms with Crippen LogP contribution in [0.15, 0.2) is 24.3 Å². The molecule has 2 atom stereocenters. The molecule has 0 spiro atoms. The lowest BCUT2D eigenvalue weighted by molar-refractivity contribution is -0.142. The van der Waals surface area contributed by atoms with Gasteiger partial charge in [0.15, 0.2) is 11.8 Å². The molecule has 5 N–H and O–H groups in total. The number of likely N-dealkylation sites (tertiary alicyclic amines) is 1. The summed E-state index contributed by atoms with van der Waals surface area (Å²) in [6.45, 7) is 3.59. The number of rotatable bonds is 8. The number of benzene rings is 1. The minimum Gasteiger partial charge on any atom is -0.481 e. The van der Waals surface area contributed by atoms with E-state index in [-0.39, 0.29) is 11.9 Å². The first-order chi connectivity index (χ1) is 14.0. The molecule has 1 saturated heterocycles. The SMILES string of the molecule is CCCC(C(=O)O)[C@H](Cc1ccc(C2CCN(C(=N)N)CC2)cc1)c1nnn[nH]1. The molecule has 29 heavy (non-hydrogen) atoms. The van der Waals surface area contributed by atoms with Gasteiger partial charge in [-0.2, -0.15) is 0 Å². The van der Waals surface area contributed by atoms with Gasteiger partial charge in [-0.05, 0) is 53.2 Å². The van der Waals surface area contributed by atoms with Gasteiger partial charge in [0.1, 0.15) is 0 Å². The largest absolute Gasteiger partial charge is 0.481 e. The molecule has 0 aliphatic carbocycles. The van der Waals surface area contributed by atoms with E-state index in [1.54, 1.807) is 0 Å². The van der Waals surface area contributed by atoms with Crippen LogP contribution in [0.25, 0.3) is 0 Å². The van der Waals surface area contributed by atoms with E-state index in [1.807, 2.05) is 11.8 Å². The first-order valence-corrected chi connectivity index (χ1v) is 10.1. The van der Waals surface area contributed by atoms with Crippen LogP contribution in [0.4, 0.5) is 0 Å². The molecule has 1 aliphatic heterocycles. The van der Waals surface area contributed by atoms with Gasteiger partial charge in [-0.3, -0.25) is 10.2 Å². The first-order valence-electron chi connectivity index (χ1n) is 10.1. The van der Waals surface area contributed by atoms with Crippen molar-refractivity contribution < 1.29 is 9.90 Å². The number of guanidine groups is 1. The van der Waals surface area contributed by atoms with E-state index in [0.717, 1.165) is 37.9 Å². The lowest BCUT2D eigenvalue weighted by Gasteiger charge is -2.32. The maximum absolute atomic E-state index is 11.8. The van der Waals surface area contributed by atoms with Crippen molar-refractivity contribution >= 4 is 11.9 Å². The molecule has 1 aromatic carbocycles. The van der Waals surface area contributed by atoms with Crippen LogP contribution in [0.3, 0.4) is 0 Å². The van der Waals surface area contributed by atoms with Crippen molar-refractivity contribution in [1.82, 2.24) is 25.5 Å². The smallest absolute Gasteiger partial charge is 0.307 e. The van der Waals surface area contributed by atoms with Crippen molar-refractivity contribution in [3.8, 4) is 0 Å². The van der Waals surface area contributed by atoms with Gasteiger partial charge in [0.25, 0.3) is 0 Å². The zero-order valence-electron chi connectivity index (χ0n) is 16.7. The summed E-state index contributed by atoms with van der Waals surface area (Å²) in [4.78, 5) is 13.7. The van der Waals surface area contributed by atoms with Crippen LogP contribution in [-0.4, -0.2) is 55.6 Å². The Morgan fingerprint density at radius 2 is 2.03 bits per heavy atom. The number of tetrazole rings is 1. The van der Waals surface area contributed by atoms with Crippen LogP contribution in [0.5, 0.6) is 0 Å². The number of nitrogens with two attached hydrogens (primary N) is 1. The van der Waals surface area contributed by atoms with E-state index in [4.69, 9.17) is 11.1 Å². The van der Waals surface area contributed by atoms with Gasteiger partial charge >= 0.3 is 5.97 Å². The van der Waals surface area contributed by atoms with Crippen molar-refractivity contribution in [3.05, 3.63) is 41.2 Å². The minimum atomic E-state index is -0.817. The molecule has 9 heteroatoms. The van der Waals surface area contributed by atoms with Crippen molar-refractivity contribution in [2.24, 2.45) is 11.7 Å². The molecule has 1 fully saturated rings. The quantitative estimate of drug-likeness (QED) is 0.393. The summed E-state index contributed by atoms with van der Waals surface area (Å²) in [6.07, 6.45) is 3.88. The highest BCUT2D eigenvalue weighted by atomic mass is 16.4. The average molecular weight is 399 g/mol. The second-order valence-electron chi connectivity index (χ2n) is 7.72. The summed E-state index contributed by atoms with van der Waals surface area (Å²) in [6, 6.07) is 8.42. The number of carbonyl (C=O) groups is 1. The highest BCUT2D eigenvalue weighted by molar-refractivity contribution is 5.74. The number of aliphatic carboxylic acids is 1. The molecular weight excluding hydrogens is 370 g/mol. The number of carboxylic acid groups (broad SMARTS) is 1. The van der Waals surface area contributed by atoms with Crippen LogP contribution < -0.4 is 5.73 Å². The Balaban J connectivity index is 1.71. The molecule has 0 bridgehead atoms. The van der Waals surface area contributed by atoms with Crippen molar-refractivity contribution in [2.45, 2.75) is 50.9 Å². The number of hydrogen-bond acceptors (Lipinski definition) is 5. The molecular formula is C20H29N7O2. The van der Waals surface area contributed by atoms with E-state index in [1.165, 1.54) is 5.56 Å². The van der Waals surface area contributed by atoms with E-state index in [0.29, 0.717) is 24.6 Å². The molecule has 0 saturated carbocycles. The molecule has 1 unspecified atom stereocenters. The summed E-state index contributed by atoms with van der Waals surface area (Å²) in [5.74, 6) is -0.529. The maximum atomic E-state index is 11.8. The second kappa shape index (κ2) is 9.49.